The van der Waals surface area contributed by atoms with Crippen molar-refractivity contribution in [3.63, 3.8) is 0 Å². The Morgan fingerprint density at radius 2 is 2.00 bits per heavy atom. The number of hydrogen-bond acceptors (Lipinski definition) is 4. The monoisotopic (exact) mass is 280 g/mol. The van der Waals surface area contributed by atoms with E-state index in [1.165, 1.54) is 20.2 Å². The average molecular weight is 280 g/mol. The molecule has 0 saturated carbocycles. The van der Waals surface area contributed by atoms with Crippen LogP contribution in [0.3, 0.4) is 0 Å². The van der Waals surface area contributed by atoms with Gasteiger partial charge in [-0.25, -0.2) is 9.59 Å². The predicted molar refractivity (Wildman–Crippen MR) is 71.8 cm³/mol. The number of aromatic carboxylic acids is 1. The summed E-state index contributed by atoms with van der Waals surface area (Å²) < 4.78 is 4.45. The minimum Gasteiger partial charge on any atom is -0.478 e. The lowest BCUT2D eigenvalue weighted by molar-refractivity contribution is -0.140. The summed E-state index contributed by atoms with van der Waals surface area (Å²) in [5.74, 6) is -1.70. The van der Waals surface area contributed by atoms with Gasteiger partial charge in [-0.2, -0.15) is 0 Å². The Morgan fingerprint density at radius 3 is 2.55 bits per heavy atom. The topological polar surface area (TPSA) is 95.9 Å². The van der Waals surface area contributed by atoms with Crippen molar-refractivity contribution in [3.05, 3.63) is 29.3 Å². The first-order valence-electron chi connectivity index (χ1n) is 5.78. The number of urea groups is 1. The highest BCUT2D eigenvalue weighted by molar-refractivity contribution is 6.01. The fourth-order valence-electron chi connectivity index (χ4n) is 1.60. The number of carboxylic acid groups (broad SMARTS) is 1. The van der Waals surface area contributed by atoms with Crippen LogP contribution in [-0.2, 0) is 9.53 Å². The van der Waals surface area contributed by atoms with Crippen molar-refractivity contribution in [1.29, 1.82) is 0 Å². The van der Waals surface area contributed by atoms with Crippen LogP contribution in [0.4, 0.5) is 10.5 Å². The van der Waals surface area contributed by atoms with Gasteiger partial charge >= 0.3 is 18.0 Å². The van der Waals surface area contributed by atoms with Crippen LogP contribution < -0.4 is 5.32 Å². The van der Waals surface area contributed by atoms with Gasteiger partial charge in [-0.1, -0.05) is 12.1 Å². The molecule has 0 bridgehead atoms. The maximum Gasteiger partial charge on any atom is 0.338 e. The molecule has 0 fully saturated rings. The van der Waals surface area contributed by atoms with E-state index in [0.29, 0.717) is 5.56 Å². The van der Waals surface area contributed by atoms with E-state index in [9.17, 15) is 14.4 Å². The van der Waals surface area contributed by atoms with E-state index >= 15 is 0 Å². The maximum atomic E-state index is 11.9. The summed E-state index contributed by atoms with van der Waals surface area (Å²) in [5, 5.41) is 11.6. The molecule has 0 heterocycles. The van der Waals surface area contributed by atoms with E-state index in [-0.39, 0.29) is 17.8 Å². The first-order valence-corrected chi connectivity index (χ1v) is 5.78. The number of amides is 2. The number of likely N-dealkylation sites (N-methyl/N-ethyl adjacent to an activating group) is 1. The number of anilines is 1. The summed E-state index contributed by atoms with van der Waals surface area (Å²) >= 11 is 0. The van der Waals surface area contributed by atoms with Crippen LogP contribution in [0.1, 0.15) is 15.9 Å². The summed E-state index contributed by atoms with van der Waals surface area (Å²) in [6, 6.07) is 4.17. The molecule has 0 saturated heterocycles. The van der Waals surface area contributed by atoms with Crippen LogP contribution in [0, 0.1) is 6.92 Å². The van der Waals surface area contributed by atoms with Gasteiger partial charge in [-0.05, 0) is 18.6 Å². The molecule has 108 valence electrons. The summed E-state index contributed by atoms with van der Waals surface area (Å²) in [6.07, 6.45) is 0. The largest absolute Gasteiger partial charge is 0.478 e. The third-order valence-electron chi connectivity index (χ3n) is 2.67. The van der Waals surface area contributed by atoms with Crippen LogP contribution in [-0.4, -0.2) is 48.7 Å². The Balaban J connectivity index is 2.88. The van der Waals surface area contributed by atoms with Crippen LogP contribution in [0.2, 0.25) is 0 Å². The number of hydrogen-bond donors (Lipinski definition) is 2. The molecule has 7 nitrogen and oxygen atoms in total. The molecule has 0 aromatic heterocycles. The molecule has 1 rings (SSSR count). The molecule has 0 aliphatic heterocycles. The van der Waals surface area contributed by atoms with Gasteiger partial charge in [-0.3, -0.25) is 4.79 Å². The Labute approximate surface area is 116 Å². The van der Waals surface area contributed by atoms with E-state index in [2.05, 4.69) is 10.1 Å². The molecule has 1 aromatic rings. The predicted octanol–water partition coefficient (Wildman–Crippen LogP) is 1.33. The van der Waals surface area contributed by atoms with E-state index < -0.39 is 18.0 Å². The minimum absolute atomic E-state index is 0.0207. The number of carboxylic acids is 1. The molecule has 2 amide bonds. The molecule has 0 aliphatic carbocycles. The molecule has 0 radical (unpaired) electrons. The lowest BCUT2D eigenvalue weighted by Crippen LogP contribution is -2.36. The number of benzene rings is 1. The van der Waals surface area contributed by atoms with Crippen molar-refractivity contribution < 1.29 is 24.2 Å². The number of carbonyl (C=O) groups is 3. The van der Waals surface area contributed by atoms with Crippen molar-refractivity contribution in [2.75, 3.05) is 26.0 Å². The zero-order chi connectivity index (χ0) is 15.3. The SMILES string of the molecule is COC(=O)CN(C)C(=O)Nc1cccc(C)c1C(=O)O. The third-order valence-corrected chi connectivity index (χ3v) is 2.67. The Kier molecular flexibility index (Phi) is 5.08. The summed E-state index contributed by atoms with van der Waals surface area (Å²) in [4.78, 5) is 35.2. The van der Waals surface area contributed by atoms with Crippen LogP contribution >= 0.6 is 0 Å². The maximum absolute atomic E-state index is 11.9. The second-order valence-corrected chi connectivity index (χ2v) is 4.16. The quantitative estimate of drug-likeness (QED) is 0.811. The number of ether oxygens (including phenoxy) is 1. The van der Waals surface area contributed by atoms with Gasteiger partial charge in [0, 0.05) is 7.05 Å². The van der Waals surface area contributed by atoms with E-state index in [1.807, 2.05) is 0 Å². The molecule has 20 heavy (non-hydrogen) atoms. The molecule has 2 N–H and O–H groups in total. The highest BCUT2D eigenvalue weighted by Gasteiger charge is 2.18. The Morgan fingerprint density at radius 1 is 1.35 bits per heavy atom. The van der Waals surface area contributed by atoms with Gasteiger partial charge in [0.25, 0.3) is 0 Å². The van der Waals surface area contributed by atoms with E-state index in [4.69, 9.17) is 5.11 Å². The molecule has 0 spiro atoms. The zero-order valence-electron chi connectivity index (χ0n) is 11.5. The van der Waals surface area contributed by atoms with Crippen molar-refractivity contribution in [1.82, 2.24) is 4.90 Å². The van der Waals surface area contributed by atoms with Crippen molar-refractivity contribution in [2.24, 2.45) is 0 Å². The van der Waals surface area contributed by atoms with Gasteiger partial charge in [0.05, 0.1) is 18.4 Å². The number of methoxy groups -OCH3 is 1. The van der Waals surface area contributed by atoms with Crippen LogP contribution in [0.5, 0.6) is 0 Å². The number of rotatable bonds is 4. The summed E-state index contributed by atoms with van der Waals surface area (Å²) in [6.45, 7) is 1.41. The fraction of sp³-hybridized carbons (Fsp3) is 0.308. The molecule has 1 aromatic carbocycles. The third kappa shape index (κ3) is 3.71. The molecule has 0 atom stereocenters. The van der Waals surface area contributed by atoms with Crippen molar-refractivity contribution in [3.8, 4) is 0 Å². The normalized spacial score (nSPS) is 9.75. The van der Waals surface area contributed by atoms with Gasteiger partial charge in [-0.15, -0.1) is 0 Å². The Bertz CT molecular complexity index is 542. The first-order chi connectivity index (χ1) is 9.36. The standard InChI is InChI=1S/C13H16N2O5/c1-8-5-4-6-9(11(8)12(17)18)14-13(19)15(2)7-10(16)20-3/h4-6H,7H2,1-3H3,(H,14,19)(H,17,18). The zero-order valence-corrected chi connectivity index (χ0v) is 11.5. The highest BCUT2D eigenvalue weighted by Crippen LogP contribution is 2.19. The van der Waals surface area contributed by atoms with Crippen molar-refractivity contribution >= 4 is 23.7 Å². The molecular formula is C13H16N2O5. The Hall–Kier alpha value is -2.57. The number of nitrogens with zero attached hydrogens (tertiary/aromatic N) is 1. The summed E-state index contributed by atoms with van der Waals surface area (Å²) in [7, 11) is 2.62. The summed E-state index contributed by atoms with van der Waals surface area (Å²) in [5.41, 5.74) is 0.734. The first kappa shape index (κ1) is 15.5. The van der Waals surface area contributed by atoms with Crippen LogP contribution in [0.15, 0.2) is 18.2 Å². The molecule has 0 aliphatic rings. The van der Waals surface area contributed by atoms with Gasteiger partial charge in [0.15, 0.2) is 0 Å². The van der Waals surface area contributed by atoms with E-state index in [0.717, 1.165) is 4.90 Å². The van der Waals surface area contributed by atoms with Gasteiger partial charge in [0.1, 0.15) is 6.54 Å². The molecule has 7 heteroatoms. The lowest BCUT2D eigenvalue weighted by Gasteiger charge is -2.18. The fourth-order valence-corrected chi connectivity index (χ4v) is 1.60. The number of nitrogens with one attached hydrogen (secondary N) is 1. The lowest BCUT2D eigenvalue weighted by atomic mass is 10.1. The second kappa shape index (κ2) is 6.55. The second-order valence-electron chi connectivity index (χ2n) is 4.16. The molecule has 0 unspecified atom stereocenters. The van der Waals surface area contributed by atoms with Crippen LogP contribution in [0.25, 0.3) is 0 Å². The smallest absolute Gasteiger partial charge is 0.338 e. The van der Waals surface area contributed by atoms with Crippen molar-refractivity contribution in [2.45, 2.75) is 6.92 Å². The van der Waals surface area contributed by atoms with E-state index in [1.54, 1.807) is 19.1 Å². The number of esters is 1. The number of carbonyl (C=O) groups excluding carboxylic acids is 2. The number of aryl methyl sites for hydroxylation is 1. The van der Waals surface area contributed by atoms with Gasteiger partial charge in [0.2, 0.25) is 0 Å². The average Bonchev–Trinajstić information content (AvgIpc) is 2.37. The van der Waals surface area contributed by atoms with Gasteiger partial charge < -0.3 is 20.1 Å². The minimum atomic E-state index is -1.13. The highest BCUT2D eigenvalue weighted by atomic mass is 16.5. The molecular weight excluding hydrogens is 264 g/mol.